The van der Waals surface area contributed by atoms with Gasteiger partial charge in [-0.25, -0.2) is 0 Å². The quantitative estimate of drug-likeness (QED) is 0.610. The van der Waals surface area contributed by atoms with Crippen molar-refractivity contribution in [3.05, 3.63) is 42.1 Å². The molecule has 1 aliphatic heterocycles. The van der Waals surface area contributed by atoms with Crippen molar-refractivity contribution in [3.8, 4) is 5.75 Å². The maximum Gasteiger partial charge on any atom is 0.387 e. The molecule has 0 unspecified atom stereocenters. The van der Waals surface area contributed by atoms with Gasteiger partial charge in [0, 0.05) is 30.9 Å². The van der Waals surface area contributed by atoms with Crippen LogP contribution in [0.3, 0.4) is 0 Å². The molecule has 1 fully saturated rings. The summed E-state index contributed by atoms with van der Waals surface area (Å²) in [7, 11) is 0. The van der Waals surface area contributed by atoms with Crippen LogP contribution in [0.15, 0.2) is 36.5 Å². The zero-order chi connectivity index (χ0) is 15.1. The number of hydrogen-bond donors (Lipinski definition) is 0. The summed E-state index contributed by atoms with van der Waals surface area (Å²) in [6.45, 7) is -0.898. The normalized spacial score (nSPS) is 16.2. The van der Waals surface area contributed by atoms with Crippen LogP contribution in [0, 0.1) is 0 Å². The number of likely N-dealkylation sites (tertiary alicyclic amines) is 1. The summed E-state index contributed by atoms with van der Waals surface area (Å²) < 4.78 is 28.3. The Kier molecular flexibility index (Phi) is 5.72. The molecule has 2 rings (SSSR count). The summed E-state index contributed by atoms with van der Waals surface area (Å²) in [6.07, 6.45) is 8.15. The first-order valence-corrected chi connectivity index (χ1v) is 7.16. The Morgan fingerprint density at radius 1 is 1.10 bits per heavy atom. The predicted octanol–water partition coefficient (Wildman–Crippen LogP) is 3.86. The van der Waals surface area contributed by atoms with Crippen LogP contribution >= 0.6 is 0 Å². The Hall–Kier alpha value is -1.91. The monoisotopic (exact) mass is 295 g/mol. The Bertz CT molecular complexity index is 478. The van der Waals surface area contributed by atoms with Gasteiger partial charge in [-0.3, -0.25) is 4.79 Å². The summed E-state index contributed by atoms with van der Waals surface area (Å²) in [5.74, 6) is -0.0825. The first-order chi connectivity index (χ1) is 10.1. The lowest BCUT2D eigenvalue weighted by Crippen LogP contribution is -2.18. The summed E-state index contributed by atoms with van der Waals surface area (Å²) in [4.78, 5) is 14.2. The number of ether oxygens (including phenoxy) is 1. The van der Waals surface area contributed by atoms with Crippen molar-refractivity contribution in [2.24, 2.45) is 0 Å². The van der Waals surface area contributed by atoms with Gasteiger partial charge < -0.3 is 9.64 Å². The second-order valence-corrected chi connectivity index (χ2v) is 5.03. The number of benzene rings is 1. The Morgan fingerprint density at radius 2 is 1.71 bits per heavy atom. The minimum Gasteiger partial charge on any atom is -0.435 e. The number of allylic oxidation sites excluding steroid dienone is 1. The molecule has 0 radical (unpaired) electrons. The summed E-state index contributed by atoms with van der Waals surface area (Å²) in [5, 5.41) is 0. The van der Waals surface area contributed by atoms with E-state index in [9.17, 15) is 13.6 Å². The third kappa shape index (κ3) is 5.17. The van der Waals surface area contributed by atoms with Crippen LogP contribution < -0.4 is 4.74 Å². The van der Waals surface area contributed by atoms with Gasteiger partial charge in [0.25, 0.3) is 0 Å². The molecule has 0 bridgehead atoms. The maximum atomic E-state index is 12.0. The first kappa shape index (κ1) is 15.5. The van der Waals surface area contributed by atoms with Gasteiger partial charge in [0.2, 0.25) is 0 Å². The van der Waals surface area contributed by atoms with E-state index in [4.69, 9.17) is 0 Å². The average Bonchev–Trinajstić information content (AvgIpc) is 2.73. The van der Waals surface area contributed by atoms with Crippen LogP contribution in [-0.2, 0) is 0 Å². The molecule has 1 aromatic carbocycles. The van der Waals surface area contributed by atoms with Crippen molar-refractivity contribution in [3.63, 3.8) is 0 Å². The Labute approximate surface area is 123 Å². The van der Waals surface area contributed by atoms with Crippen molar-refractivity contribution in [2.45, 2.75) is 32.3 Å². The Morgan fingerprint density at radius 3 is 2.29 bits per heavy atom. The molecule has 0 aromatic heterocycles. The SMILES string of the molecule is O=C(/C=C/N1CCCCCC1)c1ccc(OC(F)F)cc1. The van der Waals surface area contributed by atoms with Gasteiger partial charge in [-0.05, 0) is 37.1 Å². The van der Waals surface area contributed by atoms with E-state index in [1.165, 1.54) is 43.2 Å². The third-order valence-corrected chi connectivity index (χ3v) is 3.44. The smallest absolute Gasteiger partial charge is 0.387 e. The summed E-state index contributed by atoms with van der Waals surface area (Å²) in [6, 6.07) is 5.73. The van der Waals surface area contributed by atoms with Crippen LogP contribution in [0.5, 0.6) is 5.75 Å². The highest BCUT2D eigenvalue weighted by atomic mass is 19.3. The molecule has 1 heterocycles. The molecule has 3 nitrogen and oxygen atoms in total. The number of nitrogens with zero attached hydrogens (tertiary/aromatic N) is 1. The molecule has 0 spiro atoms. The molecule has 1 saturated heterocycles. The van der Waals surface area contributed by atoms with Gasteiger partial charge in [0.15, 0.2) is 5.78 Å². The zero-order valence-corrected chi connectivity index (χ0v) is 11.8. The number of hydrogen-bond acceptors (Lipinski definition) is 3. The largest absolute Gasteiger partial charge is 0.435 e. The van der Waals surface area contributed by atoms with Crippen molar-refractivity contribution in [1.82, 2.24) is 4.90 Å². The summed E-state index contributed by atoms with van der Waals surface area (Å²) in [5.41, 5.74) is 0.461. The number of alkyl halides is 2. The number of carbonyl (C=O) groups excluding carboxylic acids is 1. The van der Waals surface area contributed by atoms with Crippen LogP contribution in [0.1, 0.15) is 36.0 Å². The molecule has 1 aliphatic rings. The van der Waals surface area contributed by atoms with Crippen LogP contribution in [0.4, 0.5) is 8.78 Å². The highest BCUT2D eigenvalue weighted by Crippen LogP contribution is 2.16. The molecule has 0 atom stereocenters. The molecule has 0 aliphatic carbocycles. The van der Waals surface area contributed by atoms with E-state index in [1.54, 1.807) is 0 Å². The molecule has 5 heteroatoms. The molecule has 0 saturated carbocycles. The predicted molar refractivity (Wildman–Crippen MR) is 76.6 cm³/mol. The van der Waals surface area contributed by atoms with Crippen molar-refractivity contribution in [2.75, 3.05) is 13.1 Å². The lowest BCUT2D eigenvalue weighted by atomic mass is 10.1. The van der Waals surface area contributed by atoms with E-state index in [1.807, 2.05) is 6.20 Å². The second kappa shape index (κ2) is 7.76. The van der Waals surface area contributed by atoms with E-state index < -0.39 is 6.61 Å². The lowest BCUT2D eigenvalue weighted by molar-refractivity contribution is -0.0498. The molecule has 1 aromatic rings. The number of ketones is 1. The van der Waals surface area contributed by atoms with Gasteiger partial charge >= 0.3 is 6.61 Å². The molecule has 114 valence electrons. The number of carbonyl (C=O) groups is 1. The van der Waals surface area contributed by atoms with Crippen LogP contribution in [0.25, 0.3) is 0 Å². The van der Waals surface area contributed by atoms with Gasteiger partial charge in [0.1, 0.15) is 5.75 Å². The van der Waals surface area contributed by atoms with Crippen LogP contribution in [0.2, 0.25) is 0 Å². The van der Waals surface area contributed by atoms with E-state index in [2.05, 4.69) is 9.64 Å². The fraction of sp³-hybridized carbons (Fsp3) is 0.438. The van der Waals surface area contributed by atoms with Crippen molar-refractivity contribution >= 4 is 5.78 Å². The number of halogens is 2. The highest BCUT2D eigenvalue weighted by molar-refractivity contribution is 6.04. The van der Waals surface area contributed by atoms with Crippen molar-refractivity contribution in [1.29, 1.82) is 0 Å². The summed E-state index contributed by atoms with van der Waals surface area (Å²) >= 11 is 0. The molecular formula is C16H19F2NO2. The third-order valence-electron chi connectivity index (χ3n) is 3.44. The topological polar surface area (TPSA) is 29.5 Å². The minimum absolute atomic E-state index is 0.0537. The van der Waals surface area contributed by atoms with Crippen LogP contribution in [-0.4, -0.2) is 30.4 Å². The highest BCUT2D eigenvalue weighted by Gasteiger charge is 2.08. The van der Waals surface area contributed by atoms with Gasteiger partial charge in [-0.2, -0.15) is 8.78 Å². The lowest BCUT2D eigenvalue weighted by Gasteiger charge is -2.16. The zero-order valence-electron chi connectivity index (χ0n) is 11.8. The number of rotatable bonds is 5. The second-order valence-electron chi connectivity index (χ2n) is 5.03. The van der Waals surface area contributed by atoms with E-state index in [0.717, 1.165) is 25.9 Å². The fourth-order valence-electron chi connectivity index (χ4n) is 2.31. The maximum absolute atomic E-state index is 12.0. The van der Waals surface area contributed by atoms with Gasteiger partial charge in [0.05, 0.1) is 0 Å². The standard InChI is InChI=1S/C16H19F2NO2/c17-16(18)21-14-7-5-13(6-8-14)15(20)9-12-19-10-3-1-2-4-11-19/h5-9,12,16H,1-4,10-11H2/b12-9+. The Balaban J connectivity index is 1.92. The first-order valence-electron chi connectivity index (χ1n) is 7.16. The molecular weight excluding hydrogens is 276 g/mol. The molecule has 0 N–H and O–H groups in total. The minimum atomic E-state index is -2.85. The molecule has 0 amide bonds. The average molecular weight is 295 g/mol. The van der Waals surface area contributed by atoms with E-state index >= 15 is 0 Å². The van der Waals surface area contributed by atoms with Gasteiger partial charge in [-0.15, -0.1) is 0 Å². The van der Waals surface area contributed by atoms with E-state index in [0.29, 0.717) is 5.56 Å². The fourth-order valence-corrected chi connectivity index (χ4v) is 2.31. The van der Waals surface area contributed by atoms with Crippen molar-refractivity contribution < 1.29 is 18.3 Å². The van der Waals surface area contributed by atoms with E-state index in [-0.39, 0.29) is 11.5 Å². The van der Waals surface area contributed by atoms with Gasteiger partial charge in [-0.1, -0.05) is 12.8 Å². The molecule has 21 heavy (non-hydrogen) atoms.